The number of carbonyl (C=O) groups is 2. The third kappa shape index (κ3) is 4.59. The fraction of sp³-hybridized carbons (Fsp3) is 0.500. The van der Waals surface area contributed by atoms with Gasteiger partial charge in [0, 0.05) is 37.9 Å². The molecule has 1 aromatic heterocycles. The highest BCUT2D eigenvalue weighted by Gasteiger charge is 2.30. The molecule has 7 nitrogen and oxygen atoms in total. The second-order valence-electron chi connectivity index (χ2n) is 9.06. The second kappa shape index (κ2) is 9.22. The fourth-order valence-electron chi connectivity index (χ4n) is 4.56. The molecule has 4 rings (SSSR count). The van der Waals surface area contributed by atoms with Crippen molar-refractivity contribution >= 4 is 11.8 Å². The number of nitrogens with zero attached hydrogens (tertiary/aromatic N) is 3. The van der Waals surface area contributed by atoms with Gasteiger partial charge in [-0.05, 0) is 37.0 Å². The zero-order valence-corrected chi connectivity index (χ0v) is 18.6. The first kappa shape index (κ1) is 22.2. The number of halogens is 1. The molecule has 2 aromatic rings. The minimum Gasteiger partial charge on any atom is -0.354 e. The van der Waals surface area contributed by atoms with Crippen molar-refractivity contribution in [3.63, 3.8) is 0 Å². The van der Waals surface area contributed by atoms with Crippen LogP contribution < -0.4 is 10.9 Å². The molecular formula is C24H29FN4O3. The van der Waals surface area contributed by atoms with Crippen LogP contribution in [-0.2, 0) is 24.2 Å². The van der Waals surface area contributed by atoms with E-state index in [1.807, 2.05) is 13.8 Å². The van der Waals surface area contributed by atoms with Gasteiger partial charge in [0.05, 0.1) is 23.8 Å². The first-order chi connectivity index (χ1) is 15.3. The van der Waals surface area contributed by atoms with Crippen molar-refractivity contribution in [3.8, 4) is 0 Å². The highest BCUT2D eigenvalue weighted by atomic mass is 19.1. The lowest BCUT2D eigenvalue weighted by molar-refractivity contribution is -0.121. The Labute approximate surface area is 186 Å². The molecule has 1 atom stereocenters. The first-order valence-corrected chi connectivity index (χ1v) is 11.3. The van der Waals surface area contributed by atoms with Crippen LogP contribution in [0.5, 0.6) is 0 Å². The van der Waals surface area contributed by atoms with E-state index < -0.39 is 5.82 Å². The number of aryl methyl sites for hydroxylation is 1. The van der Waals surface area contributed by atoms with Gasteiger partial charge < -0.3 is 10.2 Å². The third-order valence-electron chi connectivity index (χ3n) is 6.13. The number of rotatable bonds is 5. The predicted octanol–water partition coefficient (Wildman–Crippen LogP) is 2.62. The van der Waals surface area contributed by atoms with E-state index >= 15 is 0 Å². The molecule has 2 amide bonds. The Morgan fingerprint density at radius 1 is 1.28 bits per heavy atom. The maximum absolute atomic E-state index is 13.6. The number of hydrogen-bond donors (Lipinski definition) is 1. The molecule has 0 spiro atoms. The minimum absolute atomic E-state index is 0.0158. The summed E-state index contributed by atoms with van der Waals surface area (Å²) in [6.45, 7) is 4.97. The Balaban J connectivity index is 1.57. The van der Waals surface area contributed by atoms with Gasteiger partial charge in [-0.1, -0.05) is 19.9 Å². The summed E-state index contributed by atoms with van der Waals surface area (Å²) in [6.07, 6.45) is 3.38. The molecule has 1 N–H and O–H groups in total. The Morgan fingerprint density at radius 2 is 2.09 bits per heavy atom. The highest BCUT2D eigenvalue weighted by molar-refractivity contribution is 5.94. The monoisotopic (exact) mass is 440 g/mol. The molecular weight excluding hydrogens is 411 g/mol. The van der Waals surface area contributed by atoms with Gasteiger partial charge in [0.15, 0.2) is 0 Å². The summed E-state index contributed by atoms with van der Waals surface area (Å²) >= 11 is 0. The molecule has 0 aliphatic carbocycles. The summed E-state index contributed by atoms with van der Waals surface area (Å²) in [5, 5.41) is 2.96. The number of hydrogen-bond acceptors (Lipinski definition) is 4. The van der Waals surface area contributed by atoms with Crippen LogP contribution in [0.15, 0.2) is 29.1 Å². The Bertz CT molecular complexity index is 1100. The zero-order valence-electron chi connectivity index (χ0n) is 18.6. The van der Waals surface area contributed by atoms with E-state index in [-0.39, 0.29) is 41.4 Å². The van der Waals surface area contributed by atoms with Gasteiger partial charge in [-0.15, -0.1) is 0 Å². The van der Waals surface area contributed by atoms with Gasteiger partial charge in [0.1, 0.15) is 11.6 Å². The maximum atomic E-state index is 13.6. The summed E-state index contributed by atoms with van der Waals surface area (Å²) in [4.78, 5) is 44.8. The van der Waals surface area contributed by atoms with Crippen LogP contribution in [0.25, 0.3) is 0 Å². The van der Waals surface area contributed by atoms with Crippen molar-refractivity contribution in [2.75, 3.05) is 13.1 Å². The Morgan fingerprint density at radius 3 is 2.84 bits per heavy atom. The largest absolute Gasteiger partial charge is 0.354 e. The molecule has 2 aliphatic rings. The lowest BCUT2D eigenvalue weighted by Gasteiger charge is -2.32. The average Bonchev–Trinajstić information content (AvgIpc) is 2.76. The third-order valence-corrected chi connectivity index (χ3v) is 6.13. The summed E-state index contributed by atoms with van der Waals surface area (Å²) in [5.74, 6) is 0.249. The maximum Gasteiger partial charge on any atom is 0.259 e. The van der Waals surface area contributed by atoms with Gasteiger partial charge >= 0.3 is 0 Å². The van der Waals surface area contributed by atoms with Gasteiger partial charge in [0.25, 0.3) is 11.5 Å². The summed E-state index contributed by atoms with van der Waals surface area (Å²) in [7, 11) is 0. The van der Waals surface area contributed by atoms with Crippen molar-refractivity contribution in [2.24, 2.45) is 5.92 Å². The molecule has 0 fully saturated rings. The van der Waals surface area contributed by atoms with E-state index in [1.54, 1.807) is 15.5 Å². The number of carbonyl (C=O) groups excluding carboxylic acids is 2. The van der Waals surface area contributed by atoms with E-state index in [1.165, 1.54) is 18.2 Å². The van der Waals surface area contributed by atoms with Crippen LogP contribution in [0.2, 0.25) is 0 Å². The summed E-state index contributed by atoms with van der Waals surface area (Å²) in [6, 6.07) is 5.45. The average molecular weight is 441 g/mol. The van der Waals surface area contributed by atoms with E-state index in [4.69, 9.17) is 4.98 Å². The molecule has 0 saturated carbocycles. The van der Waals surface area contributed by atoms with E-state index in [2.05, 4.69) is 5.32 Å². The Hall–Kier alpha value is -3.03. The predicted molar refractivity (Wildman–Crippen MR) is 118 cm³/mol. The van der Waals surface area contributed by atoms with Gasteiger partial charge in [0.2, 0.25) is 5.91 Å². The van der Waals surface area contributed by atoms with Crippen molar-refractivity contribution in [1.82, 2.24) is 19.8 Å². The topological polar surface area (TPSA) is 84.3 Å². The van der Waals surface area contributed by atoms with Gasteiger partial charge in [-0.2, -0.15) is 0 Å². The van der Waals surface area contributed by atoms with Crippen LogP contribution in [-0.4, -0.2) is 39.4 Å². The number of amides is 2. The number of nitrogens with one attached hydrogen (secondary N) is 1. The Kier molecular flexibility index (Phi) is 6.39. The minimum atomic E-state index is -0.466. The molecule has 0 bridgehead atoms. The molecule has 170 valence electrons. The standard InChI is InChI=1S/C24H29FN4O3/c1-15(2)11-22(30)26-13-18-7-4-8-21-27-20-9-10-28(14-19(20)24(32)29(18)21)23(31)16-5-3-6-17(25)12-16/h3,5-6,12,15,18H,4,7-11,13-14H2,1-2H3,(H,26,30). The number of benzene rings is 1. The summed E-state index contributed by atoms with van der Waals surface area (Å²) in [5.41, 5.74) is 1.40. The van der Waals surface area contributed by atoms with Crippen molar-refractivity contribution in [2.45, 2.75) is 58.5 Å². The van der Waals surface area contributed by atoms with Crippen LogP contribution in [0, 0.1) is 11.7 Å². The van der Waals surface area contributed by atoms with Crippen molar-refractivity contribution in [1.29, 1.82) is 0 Å². The van der Waals surface area contributed by atoms with Crippen LogP contribution >= 0.6 is 0 Å². The molecule has 32 heavy (non-hydrogen) atoms. The summed E-state index contributed by atoms with van der Waals surface area (Å²) < 4.78 is 15.3. The number of fused-ring (bicyclic) bond motifs is 2. The number of aromatic nitrogens is 2. The quantitative estimate of drug-likeness (QED) is 0.775. The SMILES string of the molecule is CC(C)CC(=O)NCC1CCCc2nc3c(c(=O)n21)CN(C(=O)c1cccc(F)c1)CC3. The van der Waals surface area contributed by atoms with Crippen molar-refractivity contribution < 1.29 is 14.0 Å². The van der Waals surface area contributed by atoms with Crippen LogP contribution in [0.1, 0.15) is 66.6 Å². The van der Waals surface area contributed by atoms with Crippen LogP contribution in [0.3, 0.4) is 0 Å². The second-order valence-corrected chi connectivity index (χ2v) is 9.06. The fourth-order valence-corrected chi connectivity index (χ4v) is 4.56. The van der Waals surface area contributed by atoms with E-state index in [0.717, 1.165) is 30.8 Å². The van der Waals surface area contributed by atoms with Crippen molar-refractivity contribution in [3.05, 3.63) is 63.1 Å². The molecule has 3 heterocycles. The molecule has 2 aliphatic heterocycles. The molecule has 1 aromatic carbocycles. The van der Waals surface area contributed by atoms with Gasteiger partial charge in [-0.3, -0.25) is 19.0 Å². The van der Waals surface area contributed by atoms with Gasteiger partial charge in [-0.25, -0.2) is 9.37 Å². The normalized spacial score (nSPS) is 17.6. The molecule has 0 saturated heterocycles. The smallest absolute Gasteiger partial charge is 0.259 e. The lowest BCUT2D eigenvalue weighted by Crippen LogP contribution is -2.45. The van der Waals surface area contributed by atoms with Crippen LogP contribution in [0.4, 0.5) is 4.39 Å². The van der Waals surface area contributed by atoms with E-state index in [0.29, 0.717) is 31.5 Å². The zero-order chi connectivity index (χ0) is 22.8. The molecule has 0 radical (unpaired) electrons. The first-order valence-electron chi connectivity index (χ1n) is 11.3. The molecule has 1 unspecified atom stereocenters. The highest BCUT2D eigenvalue weighted by Crippen LogP contribution is 2.25. The van der Waals surface area contributed by atoms with E-state index in [9.17, 15) is 18.8 Å². The molecule has 8 heteroatoms. The lowest BCUT2D eigenvalue weighted by atomic mass is 10.00.